The quantitative estimate of drug-likeness (QED) is 0.826. The van der Waals surface area contributed by atoms with Crippen molar-refractivity contribution >= 4 is 22.8 Å². The minimum Gasteiger partial charge on any atom is -0.452 e. The fraction of sp³-hybridized carbons (Fsp3) is 0.421. The Hall–Kier alpha value is -2.43. The molecule has 1 N–H and O–H groups in total. The first-order valence-corrected chi connectivity index (χ1v) is 8.26. The second kappa shape index (κ2) is 7.90. The molecule has 1 heterocycles. The minimum atomic E-state index is -0.512. The lowest BCUT2D eigenvalue weighted by molar-refractivity contribution is -0.124. The number of nitrogens with one attached hydrogen (secondary N) is 1. The van der Waals surface area contributed by atoms with Crippen molar-refractivity contribution in [2.75, 3.05) is 6.61 Å². The molecule has 0 saturated heterocycles. The maximum absolute atomic E-state index is 12.4. The molecule has 1 aromatic carbocycles. The van der Waals surface area contributed by atoms with Gasteiger partial charge < -0.3 is 10.1 Å². The summed E-state index contributed by atoms with van der Waals surface area (Å²) in [6, 6.07) is 7.73. The van der Waals surface area contributed by atoms with Gasteiger partial charge in [0, 0.05) is 11.4 Å². The Bertz CT molecular complexity index is 756. The molecule has 5 heteroatoms. The number of rotatable bonds is 6. The van der Waals surface area contributed by atoms with Crippen LogP contribution in [0.25, 0.3) is 10.9 Å². The van der Waals surface area contributed by atoms with Gasteiger partial charge in [0.15, 0.2) is 6.61 Å². The van der Waals surface area contributed by atoms with Crippen LogP contribution in [0.1, 0.15) is 48.3 Å². The number of hydrogen-bond donors (Lipinski definition) is 1. The van der Waals surface area contributed by atoms with Gasteiger partial charge in [-0.1, -0.05) is 31.5 Å². The van der Waals surface area contributed by atoms with Crippen LogP contribution in [0.3, 0.4) is 0 Å². The third-order valence-corrected chi connectivity index (χ3v) is 4.00. The number of benzene rings is 1. The molecule has 1 atom stereocenters. The first-order valence-electron chi connectivity index (χ1n) is 8.26. The topological polar surface area (TPSA) is 68.3 Å². The summed E-state index contributed by atoms with van der Waals surface area (Å²) in [5.74, 6) is -0.796. The fourth-order valence-electron chi connectivity index (χ4n) is 2.86. The maximum atomic E-state index is 12.4. The highest BCUT2D eigenvalue weighted by atomic mass is 16.5. The lowest BCUT2D eigenvalue weighted by atomic mass is 10.0. The summed E-state index contributed by atoms with van der Waals surface area (Å²) >= 11 is 0. The molecule has 0 saturated carbocycles. The van der Waals surface area contributed by atoms with Gasteiger partial charge >= 0.3 is 5.97 Å². The van der Waals surface area contributed by atoms with Crippen molar-refractivity contribution in [3.8, 4) is 0 Å². The van der Waals surface area contributed by atoms with E-state index in [0.29, 0.717) is 11.3 Å². The van der Waals surface area contributed by atoms with E-state index in [2.05, 4.69) is 17.2 Å². The molecule has 2 aromatic rings. The number of pyridine rings is 1. The number of carbonyl (C=O) groups excluding carboxylic acids is 2. The maximum Gasteiger partial charge on any atom is 0.340 e. The van der Waals surface area contributed by atoms with Crippen LogP contribution in [0.5, 0.6) is 0 Å². The molecule has 0 aliphatic rings. The lowest BCUT2D eigenvalue weighted by Gasteiger charge is -2.14. The van der Waals surface area contributed by atoms with Crippen LogP contribution in [-0.4, -0.2) is 29.5 Å². The van der Waals surface area contributed by atoms with E-state index < -0.39 is 5.97 Å². The van der Waals surface area contributed by atoms with Crippen molar-refractivity contribution in [3.05, 3.63) is 41.1 Å². The monoisotopic (exact) mass is 328 g/mol. The zero-order valence-electron chi connectivity index (χ0n) is 14.7. The zero-order valence-corrected chi connectivity index (χ0v) is 14.7. The number of para-hydroxylation sites is 1. The molecule has 0 unspecified atom stereocenters. The van der Waals surface area contributed by atoms with Gasteiger partial charge in [-0.3, -0.25) is 9.78 Å². The summed E-state index contributed by atoms with van der Waals surface area (Å²) in [6.07, 6.45) is 1.88. The van der Waals surface area contributed by atoms with Gasteiger partial charge in [-0.25, -0.2) is 4.79 Å². The molecular weight excluding hydrogens is 304 g/mol. The van der Waals surface area contributed by atoms with Crippen LogP contribution in [0.4, 0.5) is 0 Å². The molecule has 0 bridgehead atoms. The van der Waals surface area contributed by atoms with Crippen LogP contribution in [0.2, 0.25) is 0 Å². The second-order valence-corrected chi connectivity index (χ2v) is 6.05. The van der Waals surface area contributed by atoms with Crippen LogP contribution in [-0.2, 0) is 9.53 Å². The second-order valence-electron chi connectivity index (χ2n) is 6.05. The summed E-state index contributed by atoms with van der Waals surface area (Å²) < 4.78 is 5.19. The highest BCUT2D eigenvalue weighted by molar-refractivity contribution is 5.99. The van der Waals surface area contributed by atoms with Gasteiger partial charge in [-0.05, 0) is 38.8 Å². The van der Waals surface area contributed by atoms with E-state index in [4.69, 9.17) is 4.74 Å². The molecule has 128 valence electrons. The van der Waals surface area contributed by atoms with Gasteiger partial charge in [-0.15, -0.1) is 0 Å². The van der Waals surface area contributed by atoms with Gasteiger partial charge in [0.25, 0.3) is 5.91 Å². The Morgan fingerprint density at radius 2 is 1.96 bits per heavy atom. The number of hydrogen-bond acceptors (Lipinski definition) is 4. The number of aryl methyl sites for hydroxylation is 2. The van der Waals surface area contributed by atoms with Crippen LogP contribution < -0.4 is 5.32 Å². The summed E-state index contributed by atoms with van der Waals surface area (Å²) in [4.78, 5) is 28.7. The molecule has 0 aliphatic heterocycles. The van der Waals surface area contributed by atoms with Crippen molar-refractivity contribution in [2.24, 2.45) is 0 Å². The number of esters is 1. The number of amides is 1. The Balaban J connectivity index is 2.10. The van der Waals surface area contributed by atoms with E-state index >= 15 is 0 Å². The molecule has 1 aromatic heterocycles. The smallest absolute Gasteiger partial charge is 0.340 e. The molecule has 0 aliphatic carbocycles. The number of nitrogens with zero attached hydrogens (tertiary/aromatic N) is 1. The van der Waals surface area contributed by atoms with E-state index in [9.17, 15) is 9.59 Å². The SMILES string of the molecule is CCC[C@H](C)NC(=O)COC(=O)c1c(C)nc2ccccc2c1C. The molecule has 5 nitrogen and oxygen atoms in total. The average molecular weight is 328 g/mol. The van der Waals surface area contributed by atoms with E-state index in [1.165, 1.54) is 0 Å². The highest BCUT2D eigenvalue weighted by Crippen LogP contribution is 2.23. The molecular formula is C19H24N2O3. The predicted molar refractivity (Wildman–Crippen MR) is 94.0 cm³/mol. The van der Waals surface area contributed by atoms with Gasteiger partial charge in [0.05, 0.1) is 16.8 Å². The molecule has 0 radical (unpaired) electrons. The number of aromatic nitrogens is 1. The lowest BCUT2D eigenvalue weighted by Crippen LogP contribution is -2.35. The van der Waals surface area contributed by atoms with Gasteiger partial charge in [0.1, 0.15) is 0 Å². The minimum absolute atomic E-state index is 0.0759. The van der Waals surface area contributed by atoms with Gasteiger partial charge in [0.2, 0.25) is 0 Å². The standard InChI is InChI=1S/C19H24N2O3/c1-5-8-12(2)20-17(22)11-24-19(23)18-13(3)15-9-6-7-10-16(15)21-14(18)4/h6-7,9-10,12H,5,8,11H2,1-4H3,(H,20,22)/t12-/m0/s1. The van der Waals surface area contributed by atoms with E-state index in [0.717, 1.165) is 29.3 Å². The van der Waals surface area contributed by atoms with Crippen LogP contribution >= 0.6 is 0 Å². The molecule has 24 heavy (non-hydrogen) atoms. The fourth-order valence-corrected chi connectivity index (χ4v) is 2.86. The van der Waals surface area contributed by atoms with Crippen molar-refractivity contribution in [2.45, 2.75) is 46.6 Å². The van der Waals surface area contributed by atoms with E-state index in [1.807, 2.05) is 38.1 Å². The molecule has 0 fully saturated rings. The van der Waals surface area contributed by atoms with Crippen LogP contribution in [0, 0.1) is 13.8 Å². The Morgan fingerprint density at radius 3 is 2.67 bits per heavy atom. The summed E-state index contributed by atoms with van der Waals surface area (Å²) in [6.45, 7) is 7.36. The third kappa shape index (κ3) is 4.10. The van der Waals surface area contributed by atoms with Crippen molar-refractivity contribution in [3.63, 3.8) is 0 Å². The van der Waals surface area contributed by atoms with E-state index in [-0.39, 0.29) is 18.6 Å². The Kier molecular flexibility index (Phi) is 5.90. The summed E-state index contributed by atoms with van der Waals surface area (Å²) in [5.41, 5.74) is 2.71. The Morgan fingerprint density at radius 1 is 1.25 bits per heavy atom. The number of carbonyl (C=O) groups is 2. The third-order valence-electron chi connectivity index (χ3n) is 4.00. The summed E-state index contributed by atoms with van der Waals surface area (Å²) in [5, 5.41) is 3.73. The normalized spacial score (nSPS) is 12.0. The molecule has 2 rings (SSSR count). The van der Waals surface area contributed by atoms with Crippen LogP contribution in [0.15, 0.2) is 24.3 Å². The first-order chi connectivity index (χ1) is 11.4. The number of fused-ring (bicyclic) bond motifs is 1. The number of ether oxygens (including phenoxy) is 1. The molecule has 1 amide bonds. The summed E-state index contributed by atoms with van der Waals surface area (Å²) in [7, 11) is 0. The Labute approximate surface area is 142 Å². The first kappa shape index (κ1) is 17.9. The zero-order chi connectivity index (χ0) is 17.7. The van der Waals surface area contributed by atoms with Crippen molar-refractivity contribution in [1.82, 2.24) is 10.3 Å². The van der Waals surface area contributed by atoms with E-state index in [1.54, 1.807) is 6.92 Å². The van der Waals surface area contributed by atoms with Crippen molar-refractivity contribution < 1.29 is 14.3 Å². The highest BCUT2D eigenvalue weighted by Gasteiger charge is 2.19. The largest absolute Gasteiger partial charge is 0.452 e. The molecule has 0 spiro atoms. The van der Waals surface area contributed by atoms with Crippen molar-refractivity contribution in [1.29, 1.82) is 0 Å². The predicted octanol–water partition coefficient (Wildman–Crippen LogP) is 3.31. The average Bonchev–Trinajstić information content (AvgIpc) is 2.53. The van der Waals surface area contributed by atoms with Gasteiger partial charge in [-0.2, -0.15) is 0 Å².